The van der Waals surface area contributed by atoms with Crippen LogP contribution in [0.4, 0.5) is 0 Å². The first-order chi connectivity index (χ1) is 14.6. The number of hydrogen-bond donors (Lipinski definition) is 0. The Bertz CT molecular complexity index is 1290. The minimum atomic E-state index is -0.538. The van der Waals surface area contributed by atoms with Crippen LogP contribution in [0.5, 0.6) is 0 Å². The number of aromatic nitrogens is 5. The lowest BCUT2D eigenvalue weighted by atomic mass is 10.1. The standard InChI is InChI=1S/C22H19N5O2S/c1-3-29-22(28)19-20(30)17-7-5-11-24-21(17)27(26-19)13-16-8-9-18(25-14(16)2)15-6-4-10-23-12-15/h4-12H,3,13H2,1-2H3. The van der Waals surface area contributed by atoms with Crippen LogP contribution in [0.2, 0.25) is 0 Å². The number of carbonyl (C=O) groups excluding carboxylic acids is 1. The zero-order valence-corrected chi connectivity index (χ0v) is 17.4. The zero-order chi connectivity index (χ0) is 21.1. The maximum Gasteiger partial charge on any atom is 0.360 e. The lowest BCUT2D eigenvalue weighted by Gasteiger charge is -2.13. The summed E-state index contributed by atoms with van der Waals surface area (Å²) in [7, 11) is 0. The quantitative estimate of drug-likeness (QED) is 0.356. The second-order valence-corrected chi connectivity index (χ2v) is 7.02. The lowest BCUT2D eigenvalue weighted by Crippen LogP contribution is -2.16. The molecule has 0 spiro atoms. The molecular weight excluding hydrogens is 398 g/mol. The second kappa shape index (κ2) is 8.46. The molecule has 0 aliphatic carbocycles. The Labute approximate surface area is 178 Å². The van der Waals surface area contributed by atoms with Crippen molar-refractivity contribution >= 4 is 29.2 Å². The summed E-state index contributed by atoms with van der Waals surface area (Å²) in [4.78, 5) is 25.7. The van der Waals surface area contributed by atoms with Crippen molar-refractivity contribution in [2.45, 2.75) is 20.4 Å². The molecule has 0 aromatic carbocycles. The maximum atomic E-state index is 12.4. The Hall–Kier alpha value is -3.52. The Morgan fingerprint density at radius 1 is 1.17 bits per heavy atom. The molecule has 0 amide bonds. The van der Waals surface area contributed by atoms with E-state index >= 15 is 0 Å². The predicted octanol–water partition coefficient (Wildman–Crippen LogP) is 4.15. The SMILES string of the molecule is CCOC(=O)c1nn(Cc2ccc(-c3cccnc3)nc2C)c2ncccc2c1=S. The van der Waals surface area contributed by atoms with E-state index in [2.05, 4.69) is 15.1 Å². The molecule has 4 aromatic rings. The minimum Gasteiger partial charge on any atom is -0.461 e. The Morgan fingerprint density at radius 3 is 2.73 bits per heavy atom. The number of nitrogens with zero attached hydrogens (tertiary/aromatic N) is 5. The molecule has 0 saturated heterocycles. The van der Waals surface area contributed by atoms with E-state index in [1.807, 2.05) is 37.3 Å². The molecule has 0 atom stereocenters. The van der Waals surface area contributed by atoms with Crippen LogP contribution < -0.4 is 0 Å². The topological polar surface area (TPSA) is 82.8 Å². The normalized spacial score (nSPS) is 10.9. The van der Waals surface area contributed by atoms with Crippen molar-refractivity contribution in [3.05, 3.63) is 76.5 Å². The van der Waals surface area contributed by atoms with Crippen LogP contribution in [0.1, 0.15) is 28.7 Å². The summed E-state index contributed by atoms with van der Waals surface area (Å²) in [5, 5.41) is 5.16. The summed E-state index contributed by atoms with van der Waals surface area (Å²) in [5.41, 5.74) is 4.33. The third kappa shape index (κ3) is 3.81. The number of esters is 1. The van der Waals surface area contributed by atoms with Crippen LogP contribution >= 0.6 is 12.2 Å². The van der Waals surface area contributed by atoms with E-state index in [1.54, 1.807) is 36.3 Å². The van der Waals surface area contributed by atoms with E-state index in [0.717, 1.165) is 22.5 Å². The first-order valence-corrected chi connectivity index (χ1v) is 9.89. The highest BCUT2D eigenvalue weighted by molar-refractivity contribution is 7.71. The summed E-state index contributed by atoms with van der Waals surface area (Å²) >= 11 is 5.47. The van der Waals surface area contributed by atoms with E-state index in [4.69, 9.17) is 21.9 Å². The van der Waals surface area contributed by atoms with Crippen LogP contribution in [0.25, 0.3) is 22.3 Å². The van der Waals surface area contributed by atoms with Gasteiger partial charge in [0.1, 0.15) is 0 Å². The van der Waals surface area contributed by atoms with Crippen molar-refractivity contribution in [1.29, 1.82) is 0 Å². The summed E-state index contributed by atoms with van der Waals surface area (Å²) in [6.45, 7) is 4.33. The average Bonchev–Trinajstić information content (AvgIpc) is 2.77. The van der Waals surface area contributed by atoms with Crippen LogP contribution in [0.3, 0.4) is 0 Å². The average molecular weight is 417 g/mol. The summed E-state index contributed by atoms with van der Waals surface area (Å²) in [6, 6.07) is 11.4. The molecule has 0 saturated carbocycles. The van der Waals surface area contributed by atoms with Gasteiger partial charge in [-0.3, -0.25) is 9.97 Å². The van der Waals surface area contributed by atoms with E-state index in [-0.39, 0.29) is 12.3 Å². The fourth-order valence-electron chi connectivity index (χ4n) is 3.16. The predicted molar refractivity (Wildman–Crippen MR) is 116 cm³/mol. The largest absolute Gasteiger partial charge is 0.461 e. The Morgan fingerprint density at radius 2 is 2.00 bits per heavy atom. The fourth-order valence-corrected chi connectivity index (χ4v) is 3.44. The molecule has 150 valence electrons. The molecule has 8 heteroatoms. The molecule has 4 heterocycles. The van der Waals surface area contributed by atoms with Crippen LogP contribution in [-0.2, 0) is 11.3 Å². The van der Waals surface area contributed by atoms with Crippen molar-refractivity contribution in [2.75, 3.05) is 6.61 Å². The molecular formula is C22H19N5O2S. The van der Waals surface area contributed by atoms with Crippen LogP contribution in [0, 0.1) is 11.4 Å². The molecule has 0 unspecified atom stereocenters. The number of pyridine rings is 3. The molecule has 0 radical (unpaired) electrons. The van der Waals surface area contributed by atoms with Gasteiger partial charge in [-0.25, -0.2) is 14.5 Å². The molecule has 0 fully saturated rings. The second-order valence-electron chi connectivity index (χ2n) is 6.61. The van der Waals surface area contributed by atoms with Gasteiger partial charge in [-0.1, -0.05) is 18.3 Å². The summed E-state index contributed by atoms with van der Waals surface area (Å²) in [6.07, 6.45) is 5.19. The zero-order valence-electron chi connectivity index (χ0n) is 16.6. The molecule has 4 aromatic heterocycles. The van der Waals surface area contributed by atoms with Crippen molar-refractivity contribution in [3.8, 4) is 11.3 Å². The van der Waals surface area contributed by atoms with E-state index in [9.17, 15) is 4.79 Å². The van der Waals surface area contributed by atoms with Crippen molar-refractivity contribution in [3.63, 3.8) is 0 Å². The molecule has 0 aliphatic rings. The van der Waals surface area contributed by atoms with Gasteiger partial charge in [-0.2, -0.15) is 5.10 Å². The van der Waals surface area contributed by atoms with Gasteiger partial charge >= 0.3 is 5.97 Å². The monoisotopic (exact) mass is 417 g/mol. The number of carbonyl (C=O) groups is 1. The molecule has 7 nitrogen and oxygen atoms in total. The van der Waals surface area contributed by atoms with Gasteiger partial charge in [0.15, 0.2) is 11.3 Å². The molecule has 4 rings (SSSR count). The highest BCUT2D eigenvalue weighted by Crippen LogP contribution is 2.21. The smallest absolute Gasteiger partial charge is 0.360 e. The van der Waals surface area contributed by atoms with E-state index < -0.39 is 5.97 Å². The van der Waals surface area contributed by atoms with Crippen LogP contribution in [0.15, 0.2) is 55.0 Å². The van der Waals surface area contributed by atoms with Crippen molar-refractivity contribution in [2.24, 2.45) is 0 Å². The van der Waals surface area contributed by atoms with Crippen molar-refractivity contribution in [1.82, 2.24) is 24.7 Å². The summed E-state index contributed by atoms with van der Waals surface area (Å²) in [5.74, 6) is -0.538. The van der Waals surface area contributed by atoms with Gasteiger partial charge in [0, 0.05) is 35.2 Å². The van der Waals surface area contributed by atoms with Gasteiger partial charge < -0.3 is 4.74 Å². The molecule has 0 N–H and O–H groups in total. The van der Waals surface area contributed by atoms with Gasteiger partial charge in [-0.15, -0.1) is 0 Å². The van der Waals surface area contributed by atoms with Gasteiger partial charge in [0.05, 0.1) is 23.4 Å². The maximum absolute atomic E-state index is 12.4. The Balaban J connectivity index is 1.78. The van der Waals surface area contributed by atoms with Gasteiger partial charge in [-0.05, 0) is 49.7 Å². The molecule has 0 aliphatic heterocycles. The first kappa shape index (κ1) is 19.8. The molecule has 30 heavy (non-hydrogen) atoms. The first-order valence-electron chi connectivity index (χ1n) is 9.48. The third-order valence-corrected chi connectivity index (χ3v) is 5.07. The number of aryl methyl sites for hydroxylation is 1. The Kier molecular flexibility index (Phi) is 5.58. The van der Waals surface area contributed by atoms with E-state index in [0.29, 0.717) is 22.1 Å². The van der Waals surface area contributed by atoms with Crippen molar-refractivity contribution < 1.29 is 9.53 Å². The lowest BCUT2D eigenvalue weighted by molar-refractivity contribution is 0.0516. The van der Waals surface area contributed by atoms with E-state index in [1.165, 1.54) is 0 Å². The molecule has 0 bridgehead atoms. The minimum absolute atomic E-state index is 0.116. The highest BCUT2D eigenvalue weighted by Gasteiger charge is 2.17. The highest BCUT2D eigenvalue weighted by atomic mass is 32.1. The van der Waals surface area contributed by atoms with Crippen LogP contribution in [-0.4, -0.2) is 37.3 Å². The fraction of sp³-hybridized carbons (Fsp3) is 0.182. The number of hydrogen-bond acceptors (Lipinski definition) is 7. The summed E-state index contributed by atoms with van der Waals surface area (Å²) < 4.78 is 7.15. The van der Waals surface area contributed by atoms with Gasteiger partial charge in [0.25, 0.3) is 0 Å². The number of ether oxygens (including phenoxy) is 1. The van der Waals surface area contributed by atoms with Gasteiger partial charge in [0.2, 0.25) is 0 Å². The third-order valence-electron chi connectivity index (χ3n) is 4.65. The number of fused-ring (bicyclic) bond motifs is 1. The number of rotatable bonds is 5.